The van der Waals surface area contributed by atoms with Crippen LogP contribution in [0.1, 0.15) is 10.4 Å². The second kappa shape index (κ2) is 6.58. The van der Waals surface area contributed by atoms with Crippen LogP contribution in [0.2, 0.25) is 0 Å². The number of aromatic carboxylic acids is 1. The minimum absolute atomic E-state index is 0. The molecule has 0 saturated carbocycles. The number of hydrogen-bond donors (Lipinski definition) is 0. The third-order valence-corrected chi connectivity index (χ3v) is 1.01. The Labute approximate surface area is 93.6 Å². The summed E-state index contributed by atoms with van der Waals surface area (Å²) >= 11 is 0. The van der Waals surface area contributed by atoms with Gasteiger partial charge in [0.1, 0.15) is 0 Å². The van der Waals surface area contributed by atoms with Crippen molar-refractivity contribution in [2.24, 2.45) is 0 Å². The molecule has 65 valence electrons. The van der Waals surface area contributed by atoms with E-state index in [2.05, 4.69) is 0 Å². The van der Waals surface area contributed by atoms with Gasteiger partial charge in [0.25, 0.3) is 0 Å². The van der Waals surface area contributed by atoms with Gasteiger partial charge in [-0.15, -0.1) is 0 Å². The van der Waals surface area contributed by atoms with Gasteiger partial charge in [0, 0.05) is 37.7 Å². The average molecular weight is 305 g/mol. The molecule has 0 N–H and O–H groups in total. The van der Waals surface area contributed by atoms with Gasteiger partial charge in [-0.1, -0.05) is 30.3 Å². The minimum Gasteiger partial charge on any atom is -1.00 e. The number of hydrogen-bond acceptors (Lipinski definition) is 2. The van der Waals surface area contributed by atoms with E-state index in [1.807, 2.05) is 0 Å². The average Bonchev–Trinajstić information content (AvgIpc) is 1.90. The Morgan fingerprint density at radius 2 is 1.64 bits per heavy atom. The monoisotopic (exact) mass is 305 g/mol. The molecule has 0 amide bonds. The molecule has 0 aliphatic rings. The summed E-state index contributed by atoms with van der Waals surface area (Å²) < 4.78 is 0. The fourth-order valence-electron chi connectivity index (χ4n) is 0.574. The molecule has 0 heterocycles. The molecule has 0 aliphatic carbocycles. The maximum Gasteiger partial charge on any atom is 0.0715 e. The van der Waals surface area contributed by atoms with Crippen molar-refractivity contribution in [2.45, 2.75) is 0 Å². The van der Waals surface area contributed by atoms with E-state index in [9.17, 15) is 9.90 Å². The molecule has 11 heavy (non-hydrogen) atoms. The first-order chi connectivity index (χ1) is 4.30. The summed E-state index contributed by atoms with van der Waals surface area (Å²) in [7, 11) is 0. The van der Waals surface area contributed by atoms with Crippen molar-refractivity contribution in [3.63, 3.8) is 0 Å². The van der Waals surface area contributed by atoms with Crippen LogP contribution in [0.5, 0.6) is 0 Å². The van der Waals surface area contributed by atoms with E-state index in [-0.39, 0.29) is 48.0 Å². The zero-order valence-corrected chi connectivity index (χ0v) is 7.32. The predicted molar refractivity (Wildman–Crippen MR) is 30.8 cm³/mol. The van der Waals surface area contributed by atoms with Gasteiger partial charge >= 0.3 is 0 Å². The standard InChI is InChI=1S/C7H6O2.FH.Ho/c8-7(9)6-4-2-1-3-5-6;;/h1-5H,(H,8,9);1H;/p-2. The Bertz CT molecular complexity index is 213. The van der Waals surface area contributed by atoms with E-state index >= 15 is 0 Å². The summed E-state index contributed by atoms with van der Waals surface area (Å²) in [5.41, 5.74) is 0.220. The molecule has 0 saturated heterocycles. The van der Waals surface area contributed by atoms with Crippen LogP contribution in [-0.2, 0) is 0 Å². The van der Waals surface area contributed by atoms with Crippen LogP contribution < -0.4 is 9.81 Å². The second-order valence-corrected chi connectivity index (χ2v) is 1.65. The summed E-state index contributed by atoms with van der Waals surface area (Å²) in [6.07, 6.45) is 0. The Morgan fingerprint density at radius 1 is 1.18 bits per heavy atom. The zero-order chi connectivity index (χ0) is 6.69. The van der Waals surface area contributed by atoms with Crippen LogP contribution in [-0.4, -0.2) is 5.97 Å². The Balaban J connectivity index is 0. The normalized spacial score (nSPS) is 7.27. The Morgan fingerprint density at radius 3 is 1.91 bits per heavy atom. The minimum atomic E-state index is -1.13. The van der Waals surface area contributed by atoms with Crippen LogP contribution in [0.25, 0.3) is 0 Å². The second-order valence-electron chi connectivity index (χ2n) is 1.65. The molecule has 0 spiro atoms. The summed E-state index contributed by atoms with van der Waals surface area (Å²) in [6, 6.07) is 8.06. The van der Waals surface area contributed by atoms with E-state index in [0.717, 1.165) is 0 Å². The predicted octanol–water partition coefficient (Wildman–Crippen LogP) is -2.95. The maximum atomic E-state index is 10.1. The van der Waals surface area contributed by atoms with Gasteiger partial charge < -0.3 is 14.6 Å². The van der Waals surface area contributed by atoms with Crippen molar-refractivity contribution in [3.05, 3.63) is 35.9 Å². The molecule has 1 radical (unpaired) electrons. The smallest absolute Gasteiger partial charge is 0.0715 e. The molecule has 2 nitrogen and oxygen atoms in total. The van der Waals surface area contributed by atoms with Gasteiger partial charge in [0.2, 0.25) is 0 Å². The van der Waals surface area contributed by atoms with E-state index in [0.29, 0.717) is 0 Å². The Kier molecular flexibility index (Phi) is 8.06. The number of benzene rings is 1. The van der Waals surface area contributed by atoms with Crippen molar-refractivity contribution < 1.29 is 52.3 Å². The fourth-order valence-corrected chi connectivity index (χ4v) is 0.574. The molecule has 0 bridgehead atoms. The molecule has 1 aromatic rings. The summed E-state index contributed by atoms with van der Waals surface area (Å²) in [6.45, 7) is 0. The van der Waals surface area contributed by atoms with Gasteiger partial charge in [-0.3, -0.25) is 0 Å². The van der Waals surface area contributed by atoms with Crippen LogP contribution in [0, 0.1) is 37.7 Å². The van der Waals surface area contributed by atoms with Crippen LogP contribution in [0.15, 0.2) is 30.3 Å². The first kappa shape index (κ1) is 13.5. The van der Waals surface area contributed by atoms with Crippen molar-refractivity contribution in [3.8, 4) is 0 Å². The van der Waals surface area contributed by atoms with Gasteiger partial charge in [-0.2, -0.15) is 0 Å². The van der Waals surface area contributed by atoms with Crippen molar-refractivity contribution in [1.82, 2.24) is 0 Å². The first-order valence-electron chi connectivity index (χ1n) is 2.57. The maximum absolute atomic E-state index is 10.1. The van der Waals surface area contributed by atoms with E-state index in [1.54, 1.807) is 18.2 Å². The van der Waals surface area contributed by atoms with E-state index in [4.69, 9.17) is 0 Å². The van der Waals surface area contributed by atoms with Crippen LogP contribution in [0.4, 0.5) is 0 Å². The van der Waals surface area contributed by atoms with Gasteiger partial charge in [0.15, 0.2) is 0 Å². The van der Waals surface area contributed by atoms with Gasteiger partial charge in [-0.05, 0) is 5.56 Å². The molecule has 0 atom stereocenters. The molecule has 0 aliphatic heterocycles. The summed E-state index contributed by atoms with van der Waals surface area (Å²) in [5, 5.41) is 10.1. The van der Waals surface area contributed by atoms with Gasteiger partial charge in [0.05, 0.1) is 5.97 Å². The number of carboxylic acid groups (broad SMARTS) is 1. The molecular weight excluding hydrogens is 300 g/mol. The van der Waals surface area contributed by atoms with Crippen molar-refractivity contribution >= 4 is 5.97 Å². The number of carbonyl (C=O) groups is 1. The summed E-state index contributed by atoms with van der Waals surface area (Å²) in [5.74, 6) is -1.13. The molecular formula is C7H5FHoO2-2. The largest absolute Gasteiger partial charge is 1.00 e. The number of halogens is 1. The first-order valence-corrected chi connectivity index (χ1v) is 2.57. The molecule has 0 fully saturated rings. The SMILES string of the molecule is O=C([O-])c1ccccc1.[F-].[Ho]. The molecule has 1 rings (SSSR count). The fraction of sp³-hybridized carbons (Fsp3) is 0. The van der Waals surface area contributed by atoms with Crippen molar-refractivity contribution in [1.29, 1.82) is 0 Å². The molecule has 4 heteroatoms. The van der Waals surface area contributed by atoms with Crippen LogP contribution in [0.3, 0.4) is 0 Å². The van der Waals surface area contributed by atoms with Crippen LogP contribution >= 0.6 is 0 Å². The summed E-state index contributed by atoms with van der Waals surface area (Å²) in [4.78, 5) is 10.1. The topological polar surface area (TPSA) is 40.1 Å². The van der Waals surface area contributed by atoms with Gasteiger partial charge in [-0.25, -0.2) is 0 Å². The third-order valence-electron chi connectivity index (χ3n) is 1.01. The Hall–Kier alpha value is -0.120. The van der Waals surface area contributed by atoms with E-state index in [1.165, 1.54) is 12.1 Å². The van der Waals surface area contributed by atoms with Crippen molar-refractivity contribution in [2.75, 3.05) is 0 Å². The zero-order valence-electron chi connectivity index (χ0n) is 5.38. The van der Waals surface area contributed by atoms with E-state index < -0.39 is 5.97 Å². The number of rotatable bonds is 1. The quantitative estimate of drug-likeness (QED) is 0.521. The number of carbonyl (C=O) groups excluding carboxylic acids is 1. The third kappa shape index (κ3) is 4.35. The molecule has 0 aromatic heterocycles. The number of carboxylic acids is 1. The molecule has 0 unspecified atom stereocenters. The molecule has 1 aromatic carbocycles.